The Morgan fingerprint density at radius 3 is 1.08 bits per heavy atom. The van der Waals surface area contributed by atoms with E-state index in [1.165, 1.54) is 32.9 Å². The van der Waals surface area contributed by atoms with Crippen LogP contribution < -0.4 is 0 Å². The molecule has 0 bridgehead atoms. The van der Waals surface area contributed by atoms with E-state index in [1.807, 2.05) is 45.9 Å². The van der Waals surface area contributed by atoms with Gasteiger partial charge in [0.25, 0.3) is 0 Å². The molecular weight excluding hydrogens is 1580 g/mol. The smallest absolute Gasteiger partial charge is 0.333 e. The van der Waals surface area contributed by atoms with Crippen LogP contribution in [-0.4, -0.2) is 379 Å². The first-order valence-electron chi connectivity index (χ1n) is 40.8. The van der Waals surface area contributed by atoms with E-state index in [0.29, 0.717) is 77.0 Å². The Morgan fingerprint density at radius 2 is 0.655 bits per heavy atom. The first-order chi connectivity index (χ1) is 56.2. The van der Waals surface area contributed by atoms with Crippen LogP contribution in [0, 0.1) is 0 Å². The SMILES string of the molecule is C=C[C@](C)(CC/C=C(\C)CC/C=C(\C)CC/C=C(/C)CO[C@@H]1O[C@H](CO[C@@H]2O[C@@H](C)[C@H](O)[C@@H](O)[C@H]2O)[C@@H](O[C@H]2O[C@@H](C)[C@H](O)[C@@H](OC(=O)/C(C)=C\CC/C(C)=C/CC/C(C)=C/CC[C@@](C)(C=C)O[C@@H]3O[C@H](CO)[C@@H](O)[C@H](O)[C@H]3O[C@@H]3O[C@H](CO)[C@@H](O)[C@H](O)[C@H]3O)[C@H]2O)[C@H](O)[C@H]1O)O[C@@H]1O[C@H](CO)[C@@H](O)[C@H](O)[C@H]1O[C@@H]1O[C@H](CO)[C@@H](O)[C@H](O)[C@H]1O. The third-order valence-electron chi connectivity index (χ3n) is 22.9. The van der Waals surface area contributed by atoms with Crippen molar-refractivity contribution in [3.05, 3.63) is 95.2 Å². The molecule has 0 spiro atoms. The van der Waals surface area contributed by atoms with Gasteiger partial charge in [-0.2, -0.15) is 0 Å². The Bertz CT molecular complexity index is 3300. The molecule has 7 rings (SSSR count). The van der Waals surface area contributed by atoms with Crippen molar-refractivity contribution in [1.29, 1.82) is 0 Å². The number of ether oxygens (including phenoxy) is 15. The largest absolute Gasteiger partial charge is 0.453 e. The van der Waals surface area contributed by atoms with Gasteiger partial charge in [-0.25, -0.2) is 4.79 Å². The third kappa shape index (κ3) is 27.5. The molecule has 119 heavy (non-hydrogen) atoms. The van der Waals surface area contributed by atoms with Crippen LogP contribution in [0.4, 0.5) is 0 Å². The number of allylic oxidation sites excluding steroid dienone is 10. The van der Waals surface area contributed by atoms with Gasteiger partial charge in [0, 0.05) is 5.57 Å². The zero-order valence-corrected chi connectivity index (χ0v) is 69.4. The standard InChI is InChI=1S/C82H134O37/c1-13-81(11,118-79-71(61(96)56(91)49(35-85)111-79)116-76-65(100)59(94)54(89)47(33-83)109-76)31-19-28-41(5)23-15-21-39(3)25-17-27-43(7)37-105-75-67(102)63(98)69(51(113-75)38-106-74-64(99)58(93)52(87)45(9)107-74)115-78-68(103)70(53(88)46(10)108-78)114-73(104)44(8)30-18-26-40(4)22-16-24-42(6)29-20-32-82(12,14-2)119-80-72(62(97)57(92)50(36-86)112-80)117-77-66(101)60(95)55(90)48(34-84)110-77/h13-14,21-22,27-30,45-72,74-80,83-103H,1-2,15-20,23-26,31-38H2,3-12H3/b39-21+,40-22+,41-28+,42-29+,43-27-,44-30-/t45-,46-,47+,48+,49+,50+,51+,52-,53-,54+,55+,56+,57+,58+,59-,60-,61-,62-,63+,64+,65+,66+,67+,68+,69+,70+,71+,72+,74+,75+,76-,77-,78+,79-,80-,81+,82+/m0/s1. The fourth-order valence-corrected chi connectivity index (χ4v) is 14.6. The van der Waals surface area contributed by atoms with Crippen LogP contribution in [-0.2, 0) is 75.8 Å². The lowest BCUT2D eigenvalue weighted by Gasteiger charge is -2.47. The predicted octanol–water partition coefficient (Wildman–Crippen LogP) is -2.41. The molecule has 0 amide bonds. The fourth-order valence-electron chi connectivity index (χ4n) is 14.6. The van der Waals surface area contributed by atoms with Gasteiger partial charge < -0.3 is 178 Å². The summed E-state index contributed by atoms with van der Waals surface area (Å²) in [7, 11) is 0. The maximum absolute atomic E-state index is 13.7. The van der Waals surface area contributed by atoms with E-state index in [9.17, 15) is 112 Å². The molecule has 7 saturated heterocycles. The zero-order valence-electron chi connectivity index (χ0n) is 69.4. The number of rotatable bonds is 42. The van der Waals surface area contributed by atoms with Crippen LogP contribution in [0.1, 0.15) is 146 Å². The molecule has 0 saturated carbocycles. The third-order valence-corrected chi connectivity index (χ3v) is 22.9. The molecule has 0 radical (unpaired) electrons. The molecule has 0 aromatic heterocycles. The average molecular weight is 1710 g/mol. The minimum atomic E-state index is -1.90. The van der Waals surface area contributed by atoms with Crippen molar-refractivity contribution in [1.82, 2.24) is 0 Å². The van der Waals surface area contributed by atoms with Crippen molar-refractivity contribution < 1.29 is 183 Å². The molecule has 37 heteroatoms. The monoisotopic (exact) mass is 1710 g/mol. The summed E-state index contributed by atoms with van der Waals surface area (Å²) < 4.78 is 88.5. The maximum Gasteiger partial charge on any atom is 0.333 e. The second-order valence-corrected chi connectivity index (χ2v) is 32.7. The molecule has 37 nitrogen and oxygen atoms in total. The van der Waals surface area contributed by atoms with Gasteiger partial charge in [0.1, 0.15) is 153 Å². The summed E-state index contributed by atoms with van der Waals surface area (Å²) in [6.07, 6.45) is -34.5. The van der Waals surface area contributed by atoms with Crippen LogP contribution in [0.2, 0.25) is 0 Å². The van der Waals surface area contributed by atoms with E-state index in [4.69, 9.17) is 71.1 Å². The van der Waals surface area contributed by atoms with Crippen molar-refractivity contribution in [2.45, 2.75) is 372 Å². The van der Waals surface area contributed by atoms with Crippen molar-refractivity contribution in [3.63, 3.8) is 0 Å². The van der Waals surface area contributed by atoms with E-state index in [1.54, 1.807) is 26.8 Å². The number of carbonyl (C=O) groups is 1. The molecule has 21 N–H and O–H groups in total. The van der Waals surface area contributed by atoms with Crippen molar-refractivity contribution in [2.75, 3.05) is 39.6 Å². The Balaban J connectivity index is 0.881. The van der Waals surface area contributed by atoms with E-state index < -0.39 is 265 Å². The Labute approximate surface area is 693 Å². The van der Waals surface area contributed by atoms with E-state index in [-0.39, 0.29) is 12.2 Å². The van der Waals surface area contributed by atoms with Gasteiger partial charge >= 0.3 is 5.97 Å². The number of carbonyl (C=O) groups excluding carboxylic acids is 1. The molecule has 0 aliphatic carbocycles. The average Bonchev–Trinajstić information content (AvgIpc) is 0.786. The van der Waals surface area contributed by atoms with Gasteiger partial charge in [-0.05, 0) is 146 Å². The van der Waals surface area contributed by atoms with Gasteiger partial charge in [-0.15, -0.1) is 13.2 Å². The van der Waals surface area contributed by atoms with Crippen LogP contribution in [0.15, 0.2) is 95.2 Å². The topological polar surface area (TPSA) is 580 Å². The number of aliphatic hydroxyl groups is 21. The van der Waals surface area contributed by atoms with Gasteiger partial charge in [0.2, 0.25) is 0 Å². The molecule has 0 aromatic rings. The molecule has 7 heterocycles. The summed E-state index contributed by atoms with van der Waals surface area (Å²) >= 11 is 0. The second kappa shape index (κ2) is 47.5. The van der Waals surface area contributed by atoms with Gasteiger partial charge in [-0.3, -0.25) is 0 Å². The first kappa shape index (κ1) is 102. The summed E-state index contributed by atoms with van der Waals surface area (Å²) in [5, 5.41) is 224. The molecule has 7 aliphatic rings. The van der Waals surface area contributed by atoms with E-state index in [0.717, 1.165) is 27.9 Å². The quantitative estimate of drug-likeness (QED) is 0.0172. The van der Waals surface area contributed by atoms with Crippen molar-refractivity contribution in [2.24, 2.45) is 0 Å². The highest BCUT2D eigenvalue weighted by atomic mass is 16.8. The van der Waals surface area contributed by atoms with Crippen molar-refractivity contribution >= 4 is 5.97 Å². The summed E-state index contributed by atoms with van der Waals surface area (Å²) in [4.78, 5) is 13.7. The van der Waals surface area contributed by atoms with E-state index >= 15 is 0 Å². The lowest BCUT2D eigenvalue weighted by Crippen LogP contribution is -2.65. The van der Waals surface area contributed by atoms with Gasteiger partial charge in [-0.1, -0.05) is 76.5 Å². The maximum atomic E-state index is 13.7. The summed E-state index contributed by atoms with van der Waals surface area (Å²) in [6.45, 7) is 21.8. The van der Waals surface area contributed by atoms with Crippen LogP contribution in [0.3, 0.4) is 0 Å². The molecule has 684 valence electrons. The number of aliphatic hydroxyl groups excluding tert-OH is 21. The molecular formula is C82H134O37. The lowest BCUT2D eigenvalue weighted by molar-refractivity contribution is -0.375. The predicted molar refractivity (Wildman–Crippen MR) is 416 cm³/mol. The van der Waals surface area contributed by atoms with Gasteiger partial charge in [0.05, 0.1) is 63.1 Å². The lowest BCUT2D eigenvalue weighted by atomic mass is 9.95. The molecule has 7 aliphatic heterocycles. The number of hydrogen-bond acceptors (Lipinski definition) is 37. The minimum Gasteiger partial charge on any atom is -0.453 e. The highest BCUT2D eigenvalue weighted by molar-refractivity contribution is 5.87. The second-order valence-electron chi connectivity index (χ2n) is 32.7. The molecule has 37 atom stereocenters. The zero-order chi connectivity index (χ0) is 88.2. The van der Waals surface area contributed by atoms with Crippen molar-refractivity contribution in [3.8, 4) is 0 Å². The van der Waals surface area contributed by atoms with Gasteiger partial charge in [0.15, 0.2) is 50.1 Å². The number of hydrogen-bond donors (Lipinski definition) is 21. The van der Waals surface area contributed by atoms with Crippen LogP contribution in [0.25, 0.3) is 0 Å². The highest BCUT2D eigenvalue weighted by Crippen LogP contribution is 2.39. The van der Waals surface area contributed by atoms with Crippen LogP contribution >= 0.6 is 0 Å². The van der Waals surface area contributed by atoms with Crippen LogP contribution in [0.5, 0.6) is 0 Å². The number of esters is 1. The Hall–Kier alpha value is -4.01. The molecule has 0 aromatic carbocycles. The fraction of sp³-hybridized carbons (Fsp3) is 0.793. The first-order valence-corrected chi connectivity index (χ1v) is 40.8. The Morgan fingerprint density at radius 1 is 0.336 bits per heavy atom. The Kier molecular flexibility index (Phi) is 40.8. The summed E-state index contributed by atoms with van der Waals surface area (Å²) in [6, 6.07) is 0. The summed E-state index contributed by atoms with van der Waals surface area (Å²) in [5.74, 6) is -0.873. The van der Waals surface area contributed by atoms with E-state index in [2.05, 4.69) is 25.3 Å². The highest BCUT2D eigenvalue weighted by Gasteiger charge is 2.57. The molecule has 7 fully saturated rings. The minimum absolute atomic E-state index is 0.0882. The summed E-state index contributed by atoms with van der Waals surface area (Å²) in [5.41, 5.74) is 2.82. The normalized spacial score (nSPS) is 41.1. The molecule has 0 unspecified atom stereocenters.